The first-order valence-electron chi connectivity index (χ1n) is 7.76. The first-order valence-corrected chi connectivity index (χ1v) is 7.76. The number of hydrogen-bond acceptors (Lipinski definition) is 2. The molecule has 1 saturated carbocycles. The van der Waals surface area contributed by atoms with Crippen LogP contribution in [-0.2, 0) is 0 Å². The molecule has 20 heavy (non-hydrogen) atoms. The van der Waals surface area contributed by atoms with E-state index in [1.165, 1.54) is 0 Å². The van der Waals surface area contributed by atoms with Crippen molar-refractivity contribution in [1.82, 2.24) is 5.32 Å². The van der Waals surface area contributed by atoms with Gasteiger partial charge in [-0.1, -0.05) is 13.3 Å². The molecule has 2 nitrogen and oxygen atoms in total. The van der Waals surface area contributed by atoms with E-state index in [1.807, 2.05) is 6.92 Å². The molecule has 120 valence electrons. The van der Waals surface area contributed by atoms with Crippen LogP contribution in [0.15, 0.2) is 0 Å². The van der Waals surface area contributed by atoms with E-state index in [4.69, 9.17) is 0 Å². The zero-order valence-electron chi connectivity index (χ0n) is 12.6. The van der Waals surface area contributed by atoms with Gasteiger partial charge in [0.1, 0.15) is 0 Å². The Hall–Kier alpha value is -0.290. The van der Waals surface area contributed by atoms with E-state index in [0.717, 1.165) is 38.0 Å². The lowest BCUT2D eigenvalue weighted by Crippen LogP contribution is -2.46. The maximum atomic E-state index is 12.1. The van der Waals surface area contributed by atoms with Crippen molar-refractivity contribution in [2.75, 3.05) is 6.54 Å². The van der Waals surface area contributed by atoms with Crippen LogP contribution in [0.3, 0.4) is 0 Å². The van der Waals surface area contributed by atoms with Crippen molar-refractivity contribution >= 4 is 0 Å². The lowest BCUT2D eigenvalue weighted by atomic mass is 9.78. The van der Waals surface area contributed by atoms with Crippen molar-refractivity contribution in [3.8, 4) is 0 Å². The van der Waals surface area contributed by atoms with Gasteiger partial charge in [-0.05, 0) is 51.4 Å². The standard InChI is InChI=1S/C15H28F3NO/c1-3-13-6-9-14(20,10-7-13)11-19-12(2)5-4-8-15(16,17)18/h12-13,19-20H,3-11H2,1-2H3. The lowest BCUT2D eigenvalue weighted by molar-refractivity contribution is -0.135. The fourth-order valence-electron chi connectivity index (χ4n) is 2.87. The Morgan fingerprint density at radius 3 is 2.40 bits per heavy atom. The highest BCUT2D eigenvalue weighted by molar-refractivity contribution is 4.87. The lowest BCUT2D eigenvalue weighted by Gasteiger charge is -2.36. The van der Waals surface area contributed by atoms with Gasteiger partial charge in [0, 0.05) is 19.0 Å². The highest BCUT2D eigenvalue weighted by Gasteiger charge is 2.32. The summed E-state index contributed by atoms with van der Waals surface area (Å²) in [5.74, 6) is 0.722. The third-order valence-electron chi connectivity index (χ3n) is 4.49. The first kappa shape index (κ1) is 17.8. The molecule has 0 saturated heterocycles. The van der Waals surface area contributed by atoms with E-state index in [0.29, 0.717) is 13.0 Å². The number of alkyl halides is 3. The normalized spacial score (nSPS) is 29.4. The van der Waals surface area contributed by atoms with Crippen LogP contribution >= 0.6 is 0 Å². The SMILES string of the molecule is CCC1CCC(O)(CNC(C)CCCC(F)(F)F)CC1. The average molecular weight is 295 g/mol. The van der Waals surface area contributed by atoms with Gasteiger partial charge in [-0.3, -0.25) is 0 Å². The Morgan fingerprint density at radius 1 is 1.30 bits per heavy atom. The molecule has 1 fully saturated rings. The van der Waals surface area contributed by atoms with E-state index in [-0.39, 0.29) is 12.5 Å². The summed E-state index contributed by atoms with van der Waals surface area (Å²) in [6.45, 7) is 4.56. The smallest absolute Gasteiger partial charge is 0.389 e. The van der Waals surface area contributed by atoms with Crippen LogP contribution in [0.5, 0.6) is 0 Å². The van der Waals surface area contributed by atoms with Crippen LogP contribution in [-0.4, -0.2) is 29.5 Å². The molecule has 0 aromatic carbocycles. The summed E-state index contributed by atoms with van der Waals surface area (Å²) in [5.41, 5.74) is -0.663. The van der Waals surface area contributed by atoms with Crippen molar-refractivity contribution in [2.24, 2.45) is 5.92 Å². The van der Waals surface area contributed by atoms with Gasteiger partial charge in [0.15, 0.2) is 0 Å². The molecule has 2 N–H and O–H groups in total. The van der Waals surface area contributed by atoms with E-state index in [2.05, 4.69) is 12.2 Å². The molecule has 1 rings (SSSR count). The first-order chi connectivity index (χ1) is 9.24. The van der Waals surface area contributed by atoms with Gasteiger partial charge in [-0.15, -0.1) is 0 Å². The topological polar surface area (TPSA) is 32.3 Å². The maximum absolute atomic E-state index is 12.1. The Morgan fingerprint density at radius 2 is 1.90 bits per heavy atom. The summed E-state index contributed by atoms with van der Waals surface area (Å²) in [6, 6.07) is 0.0188. The predicted molar refractivity (Wildman–Crippen MR) is 74.6 cm³/mol. The molecule has 1 aliphatic rings. The fraction of sp³-hybridized carbons (Fsp3) is 1.00. The van der Waals surface area contributed by atoms with Crippen molar-refractivity contribution in [3.05, 3.63) is 0 Å². The molecule has 1 atom stereocenters. The minimum absolute atomic E-state index is 0.0188. The minimum Gasteiger partial charge on any atom is -0.389 e. The van der Waals surface area contributed by atoms with Crippen molar-refractivity contribution in [2.45, 2.75) is 83.0 Å². The molecule has 0 radical (unpaired) electrons. The summed E-state index contributed by atoms with van der Waals surface area (Å²) in [5, 5.41) is 13.6. The number of aliphatic hydroxyl groups is 1. The molecule has 1 aliphatic carbocycles. The molecule has 0 aliphatic heterocycles. The van der Waals surface area contributed by atoms with Crippen LogP contribution < -0.4 is 5.32 Å². The van der Waals surface area contributed by atoms with Crippen LogP contribution in [0.1, 0.15) is 65.2 Å². The molecule has 0 bridgehead atoms. The van der Waals surface area contributed by atoms with Gasteiger partial charge >= 0.3 is 6.18 Å². The summed E-state index contributed by atoms with van der Waals surface area (Å²) in [4.78, 5) is 0. The maximum Gasteiger partial charge on any atom is 0.389 e. The molecule has 0 aromatic rings. The summed E-state index contributed by atoms with van der Waals surface area (Å²) < 4.78 is 36.2. The molecular weight excluding hydrogens is 267 g/mol. The van der Waals surface area contributed by atoms with Crippen molar-refractivity contribution < 1.29 is 18.3 Å². The molecular formula is C15H28F3NO. The Bertz CT molecular complexity index is 273. The van der Waals surface area contributed by atoms with E-state index < -0.39 is 18.2 Å². The average Bonchev–Trinajstić information content (AvgIpc) is 2.36. The zero-order chi connectivity index (χ0) is 15.2. The van der Waals surface area contributed by atoms with Gasteiger partial charge < -0.3 is 10.4 Å². The van der Waals surface area contributed by atoms with Crippen LogP contribution in [0.2, 0.25) is 0 Å². The summed E-state index contributed by atoms with van der Waals surface area (Å²) >= 11 is 0. The highest BCUT2D eigenvalue weighted by Crippen LogP contribution is 2.33. The monoisotopic (exact) mass is 295 g/mol. The fourth-order valence-corrected chi connectivity index (χ4v) is 2.87. The molecule has 0 heterocycles. The van der Waals surface area contributed by atoms with Gasteiger partial charge in [-0.25, -0.2) is 0 Å². The second kappa shape index (κ2) is 7.64. The summed E-state index contributed by atoms with van der Waals surface area (Å²) in [7, 11) is 0. The van der Waals surface area contributed by atoms with Gasteiger partial charge in [0.25, 0.3) is 0 Å². The van der Waals surface area contributed by atoms with Gasteiger partial charge in [0.05, 0.1) is 5.60 Å². The van der Waals surface area contributed by atoms with E-state index in [9.17, 15) is 18.3 Å². The number of halogens is 3. The number of nitrogens with one attached hydrogen (secondary N) is 1. The van der Waals surface area contributed by atoms with Crippen molar-refractivity contribution in [1.29, 1.82) is 0 Å². The number of rotatable bonds is 7. The quantitative estimate of drug-likeness (QED) is 0.743. The Balaban J connectivity index is 2.18. The third-order valence-corrected chi connectivity index (χ3v) is 4.49. The second-order valence-electron chi connectivity index (χ2n) is 6.37. The molecule has 5 heteroatoms. The largest absolute Gasteiger partial charge is 0.389 e. The van der Waals surface area contributed by atoms with Gasteiger partial charge in [-0.2, -0.15) is 13.2 Å². The van der Waals surface area contributed by atoms with E-state index >= 15 is 0 Å². The van der Waals surface area contributed by atoms with Crippen LogP contribution in [0.25, 0.3) is 0 Å². The Kier molecular flexibility index (Phi) is 6.79. The van der Waals surface area contributed by atoms with Gasteiger partial charge in [0.2, 0.25) is 0 Å². The third kappa shape index (κ3) is 6.93. The summed E-state index contributed by atoms with van der Waals surface area (Å²) in [6.07, 6.45) is 0.728. The second-order valence-corrected chi connectivity index (χ2v) is 6.37. The zero-order valence-corrected chi connectivity index (χ0v) is 12.6. The highest BCUT2D eigenvalue weighted by atomic mass is 19.4. The number of hydrogen-bond donors (Lipinski definition) is 2. The molecule has 1 unspecified atom stereocenters. The molecule has 0 spiro atoms. The molecule has 0 amide bonds. The Labute approximate surface area is 120 Å². The molecule has 0 aromatic heterocycles. The minimum atomic E-state index is -4.06. The van der Waals surface area contributed by atoms with Crippen LogP contribution in [0.4, 0.5) is 13.2 Å². The van der Waals surface area contributed by atoms with Crippen molar-refractivity contribution in [3.63, 3.8) is 0 Å². The predicted octanol–water partition coefficient (Wildman–Crippen LogP) is 4.03. The van der Waals surface area contributed by atoms with Crippen LogP contribution in [0, 0.1) is 5.92 Å². The van der Waals surface area contributed by atoms with E-state index in [1.54, 1.807) is 0 Å².